The van der Waals surface area contributed by atoms with Gasteiger partial charge in [0.2, 0.25) is 0 Å². The molecule has 1 aliphatic rings. The van der Waals surface area contributed by atoms with Crippen LogP contribution in [0.15, 0.2) is 58.0 Å². The van der Waals surface area contributed by atoms with Crippen LogP contribution in [0.2, 0.25) is 0 Å². The van der Waals surface area contributed by atoms with Gasteiger partial charge in [0.15, 0.2) is 0 Å². The predicted molar refractivity (Wildman–Crippen MR) is 113 cm³/mol. The number of halogens is 2. The quantitative estimate of drug-likeness (QED) is 0.624. The number of hydrogen-bond donors (Lipinski definition) is 1. The van der Waals surface area contributed by atoms with E-state index in [0.717, 1.165) is 35.8 Å². The summed E-state index contributed by atoms with van der Waals surface area (Å²) in [4.78, 5) is 2.29. The number of aromatic nitrogens is 1. The molecule has 0 atom stereocenters. The lowest BCUT2D eigenvalue weighted by atomic mass is 10.1. The van der Waals surface area contributed by atoms with Crippen LogP contribution in [0, 0.1) is 5.82 Å². The van der Waals surface area contributed by atoms with Crippen LogP contribution >= 0.6 is 15.9 Å². The van der Waals surface area contributed by atoms with Gasteiger partial charge in [-0.2, -0.15) is 0 Å². The summed E-state index contributed by atoms with van der Waals surface area (Å²) in [6.45, 7) is 1.87. The number of fused-ring (bicyclic) bond motifs is 1. The van der Waals surface area contributed by atoms with Crippen molar-refractivity contribution in [3.05, 3.63) is 59.0 Å². The number of hydrogen-bond acceptors (Lipinski definition) is 4. The third-order valence-electron chi connectivity index (χ3n) is 5.19. The van der Waals surface area contributed by atoms with Crippen LogP contribution in [0.25, 0.3) is 10.9 Å². The molecular weight excluding hydrogens is 445 g/mol. The van der Waals surface area contributed by atoms with E-state index in [0.29, 0.717) is 5.52 Å². The smallest absolute Gasteiger partial charge is 0.268 e. The van der Waals surface area contributed by atoms with E-state index in [9.17, 15) is 12.8 Å². The Labute approximate surface area is 172 Å². The summed E-state index contributed by atoms with van der Waals surface area (Å²) >= 11 is 3.39. The van der Waals surface area contributed by atoms with Gasteiger partial charge >= 0.3 is 0 Å². The Morgan fingerprint density at radius 2 is 1.86 bits per heavy atom. The maximum atomic E-state index is 14.3. The Morgan fingerprint density at radius 1 is 1.11 bits per heavy atom. The minimum absolute atomic E-state index is 0.0600. The van der Waals surface area contributed by atoms with Gasteiger partial charge < -0.3 is 10.2 Å². The van der Waals surface area contributed by atoms with Gasteiger partial charge in [0.05, 0.1) is 16.1 Å². The fourth-order valence-corrected chi connectivity index (χ4v) is 5.32. The summed E-state index contributed by atoms with van der Waals surface area (Å²) < 4.78 is 42.8. The van der Waals surface area contributed by atoms with E-state index < -0.39 is 15.8 Å². The number of piperidine rings is 1. The third-order valence-corrected chi connectivity index (χ3v) is 7.37. The average Bonchev–Trinajstić information content (AvgIpc) is 3.09. The van der Waals surface area contributed by atoms with Crippen LogP contribution in [0.1, 0.15) is 12.8 Å². The Kier molecular flexibility index (Phi) is 5.20. The largest absolute Gasteiger partial charge is 0.380 e. The molecule has 0 unspecified atom stereocenters. The number of rotatable bonds is 4. The van der Waals surface area contributed by atoms with Crippen molar-refractivity contribution in [3.8, 4) is 0 Å². The van der Waals surface area contributed by atoms with Gasteiger partial charge in [-0.25, -0.2) is 16.8 Å². The summed E-state index contributed by atoms with van der Waals surface area (Å²) in [6, 6.07) is 11.2. The van der Waals surface area contributed by atoms with Crippen molar-refractivity contribution < 1.29 is 12.8 Å². The highest BCUT2D eigenvalue weighted by Crippen LogP contribution is 2.28. The lowest BCUT2D eigenvalue weighted by molar-refractivity contribution is 0.263. The van der Waals surface area contributed by atoms with Crippen molar-refractivity contribution in [2.75, 3.05) is 25.5 Å². The normalized spacial score (nSPS) is 16.5. The first kappa shape index (κ1) is 19.4. The Balaban J connectivity index is 1.68. The molecule has 8 heteroatoms. The van der Waals surface area contributed by atoms with Crippen molar-refractivity contribution >= 4 is 42.5 Å². The number of likely N-dealkylation sites (tertiary alicyclic amines) is 1. The highest BCUT2D eigenvalue weighted by Gasteiger charge is 2.22. The molecule has 0 saturated carbocycles. The van der Waals surface area contributed by atoms with E-state index in [1.807, 2.05) is 6.07 Å². The number of benzene rings is 2. The zero-order valence-corrected chi connectivity index (χ0v) is 17.8. The van der Waals surface area contributed by atoms with E-state index in [1.165, 1.54) is 28.4 Å². The van der Waals surface area contributed by atoms with E-state index in [-0.39, 0.29) is 16.6 Å². The summed E-state index contributed by atoms with van der Waals surface area (Å²) in [5.41, 5.74) is 0.812. The van der Waals surface area contributed by atoms with E-state index in [1.54, 1.807) is 18.2 Å². The molecule has 0 amide bonds. The first-order chi connectivity index (χ1) is 13.3. The first-order valence-electron chi connectivity index (χ1n) is 9.11. The minimum Gasteiger partial charge on any atom is -0.380 e. The second-order valence-corrected chi connectivity index (χ2v) is 9.91. The molecule has 0 radical (unpaired) electrons. The number of nitrogens with one attached hydrogen (secondary N) is 1. The molecule has 28 heavy (non-hydrogen) atoms. The molecule has 0 aliphatic carbocycles. The number of anilines is 1. The molecule has 2 aromatic carbocycles. The van der Waals surface area contributed by atoms with Crippen LogP contribution in [-0.2, 0) is 10.0 Å². The SMILES string of the molecule is CN1CCC(Nc2cc(S(=O)(=O)n3ccc4cc(Br)ccc43)ccc2F)CC1. The molecule has 1 fully saturated rings. The topological polar surface area (TPSA) is 54.3 Å². The molecule has 1 N–H and O–H groups in total. The first-order valence-corrected chi connectivity index (χ1v) is 11.3. The van der Waals surface area contributed by atoms with Gasteiger partial charge in [0.1, 0.15) is 5.82 Å². The van der Waals surface area contributed by atoms with Crippen LogP contribution in [0.3, 0.4) is 0 Å². The fourth-order valence-electron chi connectivity index (χ4n) is 3.56. The Bertz CT molecular complexity index is 1120. The average molecular weight is 466 g/mol. The van der Waals surface area contributed by atoms with Gasteiger partial charge in [-0.3, -0.25) is 0 Å². The van der Waals surface area contributed by atoms with Crippen molar-refractivity contribution in [1.82, 2.24) is 8.87 Å². The molecule has 1 saturated heterocycles. The second-order valence-electron chi connectivity index (χ2n) is 7.18. The van der Waals surface area contributed by atoms with Crippen LogP contribution in [-0.4, -0.2) is 43.5 Å². The molecule has 148 valence electrons. The van der Waals surface area contributed by atoms with E-state index in [4.69, 9.17) is 0 Å². The highest BCUT2D eigenvalue weighted by molar-refractivity contribution is 9.10. The molecule has 4 rings (SSSR count). The molecule has 3 aromatic rings. The lowest BCUT2D eigenvalue weighted by Crippen LogP contribution is -2.36. The summed E-state index contributed by atoms with van der Waals surface area (Å²) in [5.74, 6) is -0.445. The molecule has 2 heterocycles. The molecule has 0 spiro atoms. The van der Waals surface area contributed by atoms with Crippen molar-refractivity contribution in [2.24, 2.45) is 0 Å². The van der Waals surface area contributed by atoms with Crippen LogP contribution < -0.4 is 5.32 Å². The van der Waals surface area contributed by atoms with E-state index >= 15 is 0 Å². The fraction of sp³-hybridized carbons (Fsp3) is 0.300. The van der Waals surface area contributed by atoms with Crippen LogP contribution in [0.4, 0.5) is 10.1 Å². The maximum Gasteiger partial charge on any atom is 0.268 e. The van der Waals surface area contributed by atoms with Gasteiger partial charge in [-0.05, 0) is 75.4 Å². The minimum atomic E-state index is -3.84. The van der Waals surface area contributed by atoms with Crippen LogP contribution in [0.5, 0.6) is 0 Å². The van der Waals surface area contributed by atoms with Gasteiger partial charge in [0, 0.05) is 22.1 Å². The summed E-state index contributed by atoms with van der Waals surface area (Å²) in [6.07, 6.45) is 3.31. The zero-order chi connectivity index (χ0) is 19.9. The zero-order valence-electron chi connectivity index (χ0n) is 15.4. The molecule has 1 aromatic heterocycles. The van der Waals surface area contributed by atoms with Crippen molar-refractivity contribution in [2.45, 2.75) is 23.8 Å². The summed E-state index contributed by atoms with van der Waals surface area (Å²) in [7, 11) is -1.78. The number of nitrogens with zero attached hydrogens (tertiary/aromatic N) is 2. The van der Waals surface area contributed by atoms with E-state index in [2.05, 4.69) is 33.2 Å². The Morgan fingerprint density at radius 3 is 2.61 bits per heavy atom. The predicted octanol–water partition coefficient (Wildman–Crippen LogP) is 4.29. The lowest BCUT2D eigenvalue weighted by Gasteiger charge is -2.30. The molecule has 5 nitrogen and oxygen atoms in total. The Hall–Kier alpha value is -1.90. The van der Waals surface area contributed by atoms with Crippen molar-refractivity contribution in [3.63, 3.8) is 0 Å². The van der Waals surface area contributed by atoms with Gasteiger partial charge in [0.25, 0.3) is 10.0 Å². The van der Waals surface area contributed by atoms with Gasteiger partial charge in [-0.15, -0.1) is 0 Å². The van der Waals surface area contributed by atoms with Crippen molar-refractivity contribution in [1.29, 1.82) is 0 Å². The third kappa shape index (κ3) is 3.68. The van der Waals surface area contributed by atoms with Gasteiger partial charge in [-0.1, -0.05) is 15.9 Å². The maximum absolute atomic E-state index is 14.3. The summed E-state index contributed by atoms with van der Waals surface area (Å²) in [5, 5.41) is 4.00. The monoisotopic (exact) mass is 465 g/mol. The standard InChI is InChI=1S/C20H21BrFN3O2S/c1-24-9-7-16(8-10-24)23-19-13-17(3-4-18(19)22)28(26,27)25-11-6-14-12-15(21)2-5-20(14)25/h2-6,11-13,16,23H,7-10H2,1H3. The molecular formula is C20H21BrFN3O2S. The molecule has 0 bridgehead atoms. The molecule has 1 aliphatic heterocycles. The second kappa shape index (κ2) is 7.50. The highest BCUT2D eigenvalue weighted by atomic mass is 79.9.